The molecule has 0 N–H and O–H groups in total. The third kappa shape index (κ3) is 7.50. The molecule has 19 rings (SSSR count). The molecule has 0 amide bonds. The van der Waals surface area contributed by atoms with Crippen LogP contribution in [0.15, 0.2) is 189 Å². The quantitative estimate of drug-likeness (QED) is 0.128. The van der Waals surface area contributed by atoms with Crippen LogP contribution < -0.4 is 18.3 Å². The van der Waals surface area contributed by atoms with Crippen molar-refractivity contribution in [2.45, 2.75) is 26.2 Å². The minimum absolute atomic E-state index is 0.353. The van der Waals surface area contributed by atoms with Crippen molar-refractivity contribution in [2.24, 2.45) is 0 Å². The Morgan fingerprint density at radius 1 is 0.375 bits per heavy atom. The second kappa shape index (κ2) is 15.4. The van der Waals surface area contributed by atoms with Crippen molar-refractivity contribution in [2.75, 3.05) is 7.11 Å². The predicted octanol–water partition coefficient (Wildman–Crippen LogP) is 7.80. The van der Waals surface area contributed by atoms with E-state index in [1.807, 2.05) is 18.2 Å². The van der Waals surface area contributed by atoms with E-state index in [1.54, 1.807) is 0 Å². The Hall–Kier alpha value is -7.05. The van der Waals surface area contributed by atoms with Crippen molar-refractivity contribution >= 4 is 5.97 Å². The zero-order valence-corrected chi connectivity index (χ0v) is 31.3. The number of carbonyl (C=O) groups is 1. The summed E-state index contributed by atoms with van der Waals surface area (Å²) >= 11 is 0. The zero-order chi connectivity index (χ0) is 37.8. The fourth-order valence-corrected chi connectivity index (χ4v) is 7.55. The maximum atomic E-state index is 13.4. The molecule has 16 bridgehead atoms. The minimum Gasteiger partial charge on any atom is -0.465 e. The molecule has 270 valence electrons. The SMILES string of the molecule is COC(=O)c1c2cccc1-c1ccc(cc1)C[n+]1ccc(cc1)-c1cc[n+](cc1)Cc1ccc(cc1)C[n+]1ccc(cc1)-c1cc[n+](cc1)Cc1ccc-2cc1. The molecule has 4 aromatic heterocycles. The topological polar surface area (TPSA) is 41.8 Å². The maximum Gasteiger partial charge on any atom is 0.339 e. The molecule has 0 unspecified atom stereocenters. The number of hydrogen-bond acceptors (Lipinski definition) is 2. The second-order valence-electron chi connectivity index (χ2n) is 14.5. The molecule has 8 aromatic rings. The van der Waals surface area contributed by atoms with Crippen molar-refractivity contribution in [3.8, 4) is 44.5 Å². The number of hydrogen-bond donors (Lipinski definition) is 0. The van der Waals surface area contributed by atoms with E-state index in [0.29, 0.717) is 5.56 Å². The molecule has 0 saturated carbocycles. The standard InChI is InChI=1S/C50H42N4O2/c1-56-50(55)49-47-3-2-4-48(49)46-15-11-40(12-16-46)36-54-31-23-44(24-32-54)42-19-27-52(28-20-42)34-38-7-5-37(6-8-38)33-51-25-17-41(18-26-51)43-21-29-53(30-22-43)35-39-9-13-45(47)14-10-39/h2-32H,33-36H2,1H3/q+4. The van der Waals surface area contributed by atoms with Gasteiger partial charge in [0.2, 0.25) is 0 Å². The molecule has 56 heavy (non-hydrogen) atoms. The first-order valence-corrected chi connectivity index (χ1v) is 19.0. The summed E-state index contributed by atoms with van der Waals surface area (Å²) in [6, 6.07) is 49.2. The molecule has 11 aliphatic heterocycles. The Bertz CT molecular complexity index is 2440. The van der Waals surface area contributed by atoms with Crippen LogP contribution in [0, 0.1) is 0 Å². The van der Waals surface area contributed by atoms with Crippen LogP contribution in [0.5, 0.6) is 0 Å². The number of aromatic nitrogens is 4. The van der Waals surface area contributed by atoms with Gasteiger partial charge in [-0.2, -0.15) is 0 Å². The highest BCUT2D eigenvalue weighted by Gasteiger charge is 2.20. The molecular formula is C50H42N4O2+4. The first-order valence-electron chi connectivity index (χ1n) is 19.0. The Labute approximate surface area is 327 Å². The van der Waals surface area contributed by atoms with E-state index < -0.39 is 0 Å². The third-order valence-corrected chi connectivity index (χ3v) is 10.7. The van der Waals surface area contributed by atoms with Crippen molar-refractivity contribution < 1.29 is 27.8 Å². The summed E-state index contributed by atoms with van der Waals surface area (Å²) in [6.07, 6.45) is 17.1. The molecule has 0 fully saturated rings. The van der Waals surface area contributed by atoms with E-state index in [2.05, 4.69) is 189 Å². The fraction of sp³-hybridized carbons (Fsp3) is 0.100. The van der Waals surface area contributed by atoms with Gasteiger partial charge >= 0.3 is 5.97 Å². The van der Waals surface area contributed by atoms with Gasteiger partial charge < -0.3 is 4.74 Å². The smallest absolute Gasteiger partial charge is 0.339 e. The lowest BCUT2D eigenvalue weighted by molar-refractivity contribution is -0.689. The van der Waals surface area contributed by atoms with E-state index >= 15 is 0 Å². The molecule has 11 aliphatic rings. The summed E-state index contributed by atoms with van der Waals surface area (Å²) in [4.78, 5) is 13.4. The van der Waals surface area contributed by atoms with Gasteiger partial charge in [0.15, 0.2) is 75.8 Å². The Kier molecular flexibility index (Phi) is 9.52. The molecule has 0 spiro atoms. The number of nitrogens with zero attached hydrogens (tertiary/aromatic N) is 4. The maximum absolute atomic E-state index is 13.4. The summed E-state index contributed by atoms with van der Waals surface area (Å²) in [5.74, 6) is -0.353. The minimum atomic E-state index is -0.353. The van der Waals surface area contributed by atoms with Crippen molar-refractivity contribution in [3.05, 3.63) is 217 Å². The lowest BCUT2D eigenvalue weighted by Crippen LogP contribution is -2.34. The first-order chi connectivity index (χ1) is 27.5. The summed E-state index contributed by atoms with van der Waals surface area (Å²) < 4.78 is 14.1. The molecule has 6 heteroatoms. The van der Waals surface area contributed by atoms with Gasteiger partial charge in [-0.1, -0.05) is 91.0 Å². The average molecular weight is 731 g/mol. The van der Waals surface area contributed by atoms with Crippen LogP contribution >= 0.6 is 0 Å². The molecule has 0 saturated heterocycles. The zero-order valence-electron chi connectivity index (χ0n) is 31.3. The van der Waals surface area contributed by atoms with Crippen molar-refractivity contribution in [3.63, 3.8) is 0 Å². The van der Waals surface area contributed by atoms with Gasteiger partial charge in [-0.05, 0) is 44.5 Å². The number of pyridine rings is 4. The molecule has 0 aliphatic carbocycles. The van der Waals surface area contributed by atoms with Gasteiger partial charge in [0.1, 0.15) is 0 Å². The lowest BCUT2D eigenvalue weighted by atomic mass is 9.91. The van der Waals surface area contributed by atoms with Crippen LogP contribution in [0.2, 0.25) is 0 Å². The van der Waals surface area contributed by atoms with Crippen LogP contribution in [0.3, 0.4) is 0 Å². The highest BCUT2D eigenvalue weighted by molar-refractivity contribution is 6.04. The number of benzene rings is 4. The Morgan fingerprint density at radius 3 is 0.911 bits per heavy atom. The van der Waals surface area contributed by atoms with E-state index in [1.165, 1.54) is 51.6 Å². The number of methoxy groups -OCH3 is 1. The molecule has 0 atom stereocenters. The Morgan fingerprint density at radius 2 is 0.643 bits per heavy atom. The number of rotatable bonds is 1. The normalized spacial score (nSPS) is 12.2. The van der Waals surface area contributed by atoms with Gasteiger partial charge in [0.25, 0.3) is 0 Å². The molecule has 0 radical (unpaired) electrons. The van der Waals surface area contributed by atoms with Crippen molar-refractivity contribution in [1.29, 1.82) is 0 Å². The largest absolute Gasteiger partial charge is 0.465 e. The van der Waals surface area contributed by atoms with Gasteiger partial charge in [-0.15, -0.1) is 0 Å². The van der Waals surface area contributed by atoms with Crippen LogP contribution in [0.4, 0.5) is 0 Å². The number of esters is 1. The van der Waals surface area contributed by atoms with Gasteiger partial charge in [0.05, 0.1) is 12.7 Å². The summed E-state index contributed by atoms with van der Waals surface area (Å²) in [5, 5.41) is 0. The Balaban J connectivity index is 1.04. The lowest BCUT2D eigenvalue weighted by Gasteiger charge is -2.14. The van der Waals surface area contributed by atoms with Crippen LogP contribution in [0.25, 0.3) is 44.5 Å². The van der Waals surface area contributed by atoms with E-state index in [4.69, 9.17) is 4.74 Å². The fourth-order valence-electron chi connectivity index (χ4n) is 7.55. The van der Waals surface area contributed by atoms with E-state index in [9.17, 15) is 4.79 Å². The van der Waals surface area contributed by atoms with Gasteiger partial charge in [-0.3, -0.25) is 0 Å². The predicted molar refractivity (Wildman–Crippen MR) is 216 cm³/mol. The average Bonchev–Trinajstić information content (AvgIpc) is 3.25. The van der Waals surface area contributed by atoms with Gasteiger partial charge in [0, 0.05) is 70.8 Å². The van der Waals surface area contributed by atoms with Crippen molar-refractivity contribution in [1.82, 2.24) is 0 Å². The highest BCUT2D eigenvalue weighted by atomic mass is 16.5. The van der Waals surface area contributed by atoms with E-state index in [0.717, 1.165) is 48.4 Å². The number of fused-ring (bicyclic) bond motifs is 1. The summed E-state index contributed by atoms with van der Waals surface area (Å²) in [6.45, 7) is 3.10. The monoisotopic (exact) mass is 730 g/mol. The number of carbonyl (C=O) groups excluding carboxylic acids is 1. The number of ether oxygens (including phenoxy) is 1. The van der Waals surface area contributed by atoms with Crippen LogP contribution in [0.1, 0.15) is 32.6 Å². The van der Waals surface area contributed by atoms with Crippen LogP contribution in [-0.2, 0) is 30.9 Å². The molecular weight excluding hydrogens is 689 g/mol. The summed E-state index contributed by atoms with van der Waals surface area (Å²) in [5.41, 5.74) is 13.8. The summed E-state index contributed by atoms with van der Waals surface area (Å²) in [7, 11) is 1.44. The molecule has 4 aromatic carbocycles. The second-order valence-corrected chi connectivity index (χ2v) is 14.5. The molecule has 15 heterocycles. The van der Waals surface area contributed by atoms with Gasteiger partial charge in [-0.25, -0.2) is 23.1 Å². The molecule has 6 nitrogen and oxygen atoms in total. The first kappa shape index (κ1) is 34.7. The van der Waals surface area contributed by atoms with Crippen LogP contribution in [-0.4, -0.2) is 13.1 Å². The van der Waals surface area contributed by atoms with E-state index in [-0.39, 0.29) is 5.97 Å². The third-order valence-electron chi connectivity index (χ3n) is 10.7. The highest BCUT2D eigenvalue weighted by Crippen LogP contribution is 2.33.